The van der Waals surface area contributed by atoms with Gasteiger partial charge in [-0.25, -0.2) is 5.43 Å². The van der Waals surface area contributed by atoms with E-state index in [2.05, 4.69) is 15.5 Å². The molecule has 0 aliphatic carbocycles. The zero-order valence-corrected chi connectivity index (χ0v) is 14.1. The molecule has 3 rings (SSSR count). The summed E-state index contributed by atoms with van der Waals surface area (Å²) in [7, 11) is 3.08. The molecule has 0 spiro atoms. The van der Waals surface area contributed by atoms with Crippen LogP contribution in [0.2, 0.25) is 0 Å². The first-order valence-corrected chi connectivity index (χ1v) is 7.62. The molecule has 1 heterocycles. The van der Waals surface area contributed by atoms with Gasteiger partial charge in [0.2, 0.25) is 0 Å². The number of hydrogen-bond acceptors (Lipinski definition) is 6. The van der Waals surface area contributed by atoms with Crippen LogP contribution in [0.4, 0.5) is 0 Å². The number of carbonyl (C=O) groups excluding carboxylic acids is 1. The smallest absolute Gasteiger partial charge is 0.287 e. The summed E-state index contributed by atoms with van der Waals surface area (Å²) in [5, 5.41) is 23.5. The molecule has 3 aromatic rings. The van der Waals surface area contributed by atoms with Crippen LogP contribution >= 0.6 is 0 Å². The summed E-state index contributed by atoms with van der Waals surface area (Å²) in [6.07, 6.45) is 1.27. The molecule has 0 saturated heterocycles. The minimum atomic E-state index is -0.472. The maximum absolute atomic E-state index is 12.3. The van der Waals surface area contributed by atoms with Crippen molar-refractivity contribution < 1.29 is 24.5 Å². The van der Waals surface area contributed by atoms with E-state index >= 15 is 0 Å². The standard InChI is InChI=1S/C18H17N3O5/c1-25-15-5-6-16(26-2)17-12(15)8-13(20-17)18(24)21-19-9-10-3-4-11(22)7-14(10)23/h3-9,20,22-23H,1-2H3,(H,21,24). The number of methoxy groups -OCH3 is 2. The summed E-state index contributed by atoms with van der Waals surface area (Å²) >= 11 is 0. The maximum atomic E-state index is 12.3. The monoisotopic (exact) mass is 355 g/mol. The fourth-order valence-corrected chi connectivity index (χ4v) is 2.50. The molecule has 0 radical (unpaired) electrons. The van der Waals surface area contributed by atoms with E-state index in [4.69, 9.17) is 9.47 Å². The van der Waals surface area contributed by atoms with E-state index in [1.807, 2.05) is 0 Å². The van der Waals surface area contributed by atoms with Crippen molar-refractivity contribution in [2.45, 2.75) is 0 Å². The molecule has 26 heavy (non-hydrogen) atoms. The number of phenolic OH excluding ortho intramolecular Hbond substituents is 2. The number of carbonyl (C=O) groups is 1. The number of nitrogens with one attached hydrogen (secondary N) is 2. The number of rotatable bonds is 5. The Balaban J connectivity index is 1.82. The van der Waals surface area contributed by atoms with Gasteiger partial charge in [0.1, 0.15) is 28.7 Å². The number of hydrogen-bond donors (Lipinski definition) is 4. The number of hydrazone groups is 1. The second-order valence-corrected chi connectivity index (χ2v) is 5.38. The molecule has 0 aliphatic heterocycles. The van der Waals surface area contributed by atoms with Gasteiger partial charge in [-0.3, -0.25) is 4.79 Å². The second-order valence-electron chi connectivity index (χ2n) is 5.38. The van der Waals surface area contributed by atoms with E-state index in [1.165, 1.54) is 31.5 Å². The number of nitrogens with zero attached hydrogens (tertiary/aromatic N) is 1. The minimum Gasteiger partial charge on any atom is -0.508 e. The lowest BCUT2D eigenvalue weighted by atomic mass is 10.2. The van der Waals surface area contributed by atoms with Crippen LogP contribution in [-0.2, 0) is 0 Å². The SMILES string of the molecule is COc1ccc(OC)c2[nH]c(C(=O)NN=Cc3ccc(O)cc3O)cc12. The number of ether oxygens (including phenoxy) is 2. The molecular weight excluding hydrogens is 338 g/mol. The number of fused-ring (bicyclic) bond motifs is 1. The van der Waals surface area contributed by atoms with Gasteiger partial charge in [0.15, 0.2) is 0 Å². The van der Waals surface area contributed by atoms with Gasteiger partial charge >= 0.3 is 0 Å². The Kier molecular flexibility index (Phi) is 4.66. The molecule has 0 atom stereocenters. The van der Waals surface area contributed by atoms with E-state index < -0.39 is 5.91 Å². The third kappa shape index (κ3) is 3.25. The first-order valence-electron chi connectivity index (χ1n) is 7.62. The van der Waals surface area contributed by atoms with Gasteiger partial charge in [0.05, 0.1) is 26.0 Å². The molecular formula is C18H17N3O5. The fraction of sp³-hybridized carbons (Fsp3) is 0.111. The number of aromatic nitrogens is 1. The Labute approximate surface area is 148 Å². The van der Waals surface area contributed by atoms with Crippen LogP contribution in [0.3, 0.4) is 0 Å². The molecule has 1 aromatic heterocycles. The zero-order chi connectivity index (χ0) is 18.7. The van der Waals surface area contributed by atoms with Crippen LogP contribution in [0.25, 0.3) is 10.9 Å². The highest BCUT2D eigenvalue weighted by Crippen LogP contribution is 2.33. The first-order chi connectivity index (χ1) is 12.5. The Morgan fingerprint density at radius 3 is 2.54 bits per heavy atom. The molecule has 8 heteroatoms. The van der Waals surface area contributed by atoms with Gasteiger partial charge in [-0.05, 0) is 30.3 Å². The average molecular weight is 355 g/mol. The van der Waals surface area contributed by atoms with E-state index in [0.29, 0.717) is 28.0 Å². The molecule has 1 amide bonds. The summed E-state index contributed by atoms with van der Waals surface area (Å²) < 4.78 is 10.6. The Morgan fingerprint density at radius 2 is 1.85 bits per heavy atom. The normalized spacial score (nSPS) is 11.0. The number of aromatic hydroxyl groups is 2. The highest BCUT2D eigenvalue weighted by molar-refractivity contribution is 6.01. The number of phenols is 2. The van der Waals surface area contributed by atoms with Crippen molar-refractivity contribution in [3.05, 3.63) is 47.7 Å². The van der Waals surface area contributed by atoms with Crippen molar-refractivity contribution >= 4 is 23.0 Å². The van der Waals surface area contributed by atoms with Gasteiger partial charge in [0, 0.05) is 17.0 Å². The first kappa shape index (κ1) is 17.2. The third-order valence-corrected chi connectivity index (χ3v) is 3.78. The summed E-state index contributed by atoms with van der Waals surface area (Å²) in [5.41, 5.74) is 3.63. The van der Waals surface area contributed by atoms with E-state index in [0.717, 1.165) is 0 Å². The number of amides is 1. The second kappa shape index (κ2) is 7.06. The van der Waals surface area contributed by atoms with Crippen LogP contribution in [0.5, 0.6) is 23.0 Å². The number of H-pyrrole nitrogens is 1. The number of benzene rings is 2. The van der Waals surface area contributed by atoms with Crippen molar-refractivity contribution in [3.63, 3.8) is 0 Å². The van der Waals surface area contributed by atoms with Gasteiger partial charge in [0.25, 0.3) is 5.91 Å². The molecule has 0 bridgehead atoms. The zero-order valence-electron chi connectivity index (χ0n) is 14.1. The Morgan fingerprint density at radius 1 is 1.12 bits per heavy atom. The van der Waals surface area contributed by atoms with Crippen LogP contribution in [0.15, 0.2) is 41.5 Å². The van der Waals surface area contributed by atoms with Gasteiger partial charge < -0.3 is 24.7 Å². The largest absolute Gasteiger partial charge is 0.508 e. The van der Waals surface area contributed by atoms with Crippen molar-refractivity contribution in [1.29, 1.82) is 0 Å². The fourth-order valence-electron chi connectivity index (χ4n) is 2.50. The lowest BCUT2D eigenvalue weighted by Crippen LogP contribution is -2.17. The predicted molar refractivity (Wildman–Crippen MR) is 96.2 cm³/mol. The lowest BCUT2D eigenvalue weighted by molar-refractivity contribution is 0.0951. The Bertz CT molecular complexity index is 953. The quantitative estimate of drug-likeness (QED) is 0.414. The van der Waals surface area contributed by atoms with Gasteiger partial charge in [-0.2, -0.15) is 5.10 Å². The van der Waals surface area contributed by atoms with Crippen LogP contribution in [0.1, 0.15) is 16.1 Å². The third-order valence-electron chi connectivity index (χ3n) is 3.78. The number of aromatic amines is 1. The highest BCUT2D eigenvalue weighted by atomic mass is 16.5. The molecule has 4 N–H and O–H groups in total. The van der Waals surface area contributed by atoms with Gasteiger partial charge in [-0.1, -0.05) is 0 Å². The summed E-state index contributed by atoms with van der Waals surface area (Å²) in [6, 6.07) is 9.19. The molecule has 2 aromatic carbocycles. The molecule has 134 valence electrons. The minimum absolute atomic E-state index is 0.0651. The molecule has 0 aliphatic rings. The molecule has 0 fully saturated rings. The van der Waals surface area contributed by atoms with Crippen molar-refractivity contribution in [1.82, 2.24) is 10.4 Å². The lowest BCUT2D eigenvalue weighted by Gasteiger charge is -2.05. The topological polar surface area (TPSA) is 116 Å². The molecule has 0 unspecified atom stereocenters. The van der Waals surface area contributed by atoms with Crippen LogP contribution in [0, 0.1) is 0 Å². The summed E-state index contributed by atoms with van der Waals surface area (Å²) in [6.45, 7) is 0. The van der Waals surface area contributed by atoms with Crippen molar-refractivity contribution in [2.24, 2.45) is 5.10 Å². The maximum Gasteiger partial charge on any atom is 0.287 e. The average Bonchev–Trinajstić information content (AvgIpc) is 3.08. The van der Waals surface area contributed by atoms with Gasteiger partial charge in [-0.15, -0.1) is 0 Å². The Hall–Kier alpha value is -3.68. The highest BCUT2D eigenvalue weighted by Gasteiger charge is 2.15. The molecule has 0 saturated carbocycles. The van der Waals surface area contributed by atoms with Crippen LogP contribution < -0.4 is 14.9 Å². The molecule has 8 nitrogen and oxygen atoms in total. The summed E-state index contributed by atoms with van der Waals surface area (Å²) in [4.78, 5) is 15.3. The van der Waals surface area contributed by atoms with E-state index in [9.17, 15) is 15.0 Å². The van der Waals surface area contributed by atoms with Crippen molar-refractivity contribution in [3.8, 4) is 23.0 Å². The van der Waals surface area contributed by atoms with E-state index in [-0.39, 0.29) is 17.2 Å². The predicted octanol–water partition coefficient (Wildman–Crippen LogP) is 2.36. The van der Waals surface area contributed by atoms with Crippen LogP contribution in [-0.4, -0.2) is 41.5 Å². The van der Waals surface area contributed by atoms with Crippen molar-refractivity contribution in [2.75, 3.05) is 14.2 Å². The summed E-state index contributed by atoms with van der Waals surface area (Å²) in [5.74, 6) is 0.499. The van der Waals surface area contributed by atoms with E-state index in [1.54, 1.807) is 25.3 Å².